The zero-order valence-corrected chi connectivity index (χ0v) is 19.3. The van der Waals surface area contributed by atoms with Crippen LogP contribution in [0.4, 0.5) is 0 Å². The van der Waals surface area contributed by atoms with E-state index in [1.165, 1.54) is 89.9 Å². The van der Waals surface area contributed by atoms with Crippen LogP contribution in [0.15, 0.2) is 0 Å². The fourth-order valence-electron chi connectivity index (χ4n) is 4.15. The van der Waals surface area contributed by atoms with Crippen LogP contribution in [-0.4, -0.2) is 22.2 Å². The number of carboxylic acids is 2. The van der Waals surface area contributed by atoms with E-state index in [1.54, 1.807) is 0 Å². The molecule has 0 aliphatic rings. The molecule has 0 fully saturated rings. The number of rotatable bonds is 22. The Labute approximate surface area is 179 Å². The average molecular weight is 413 g/mol. The van der Waals surface area contributed by atoms with Crippen molar-refractivity contribution in [2.75, 3.05) is 0 Å². The molecule has 172 valence electrons. The molecule has 0 saturated heterocycles. The summed E-state index contributed by atoms with van der Waals surface area (Å²) in [6.45, 7) is 4.46. The van der Waals surface area contributed by atoms with Gasteiger partial charge in [0.1, 0.15) is 0 Å². The summed E-state index contributed by atoms with van der Waals surface area (Å²) in [6.07, 6.45) is 22.4. The average Bonchev–Trinajstić information content (AvgIpc) is 2.68. The van der Waals surface area contributed by atoms with Gasteiger partial charge in [-0.2, -0.15) is 0 Å². The van der Waals surface area contributed by atoms with Crippen molar-refractivity contribution in [2.45, 2.75) is 136 Å². The molecule has 0 bridgehead atoms. The highest BCUT2D eigenvalue weighted by atomic mass is 16.4. The van der Waals surface area contributed by atoms with Gasteiger partial charge in [-0.05, 0) is 12.3 Å². The summed E-state index contributed by atoms with van der Waals surface area (Å²) in [5, 5.41) is 18.5. The van der Waals surface area contributed by atoms with Crippen LogP contribution in [0.1, 0.15) is 136 Å². The van der Waals surface area contributed by atoms with Gasteiger partial charge in [0.05, 0.1) is 0 Å². The maximum atomic E-state index is 11.3. The Hall–Kier alpha value is -1.06. The molecule has 0 aromatic rings. The molecule has 0 aromatic heterocycles. The highest BCUT2D eigenvalue weighted by Crippen LogP contribution is 2.26. The van der Waals surface area contributed by atoms with Crippen LogP contribution in [0.5, 0.6) is 0 Å². The van der Waals surface area contributed by atoms with Crippen LogP contribution in [0, 0.1) is 11.8 Å². The van der Waals surface area contributed by atoms with Crippen LogP contribution in [0.3, 0.4) is 0 Å². The second-order valence-corrected chi connectivity index (χ2v) is 8.86. The van der Waals surface area contributed by atoms with E-state index in [2.05, 4.69) is 13.8 Å². The second kappa shape index (κ2) is 20.2. The van der Waals surface area contributed by atoms with E-state index >= 15 is 0 Å². The Morgan fingerprint density at radius 1 is 0.552 bits per heavy atom. The third-order valence-electron chi connectivity index (χ3n) is 6.10. The smallest absolute Gasteiger partial charge is 0.317 e. The maximum Gasteiger partial charge on any atom is 0.317 e. The van der Waals surface area contributed by atoms with Crippen molar-refractivity contribution in [3.63, 3.8) is 0 Å². The van der Waals surface area contributed by atoms with Crippen molar-refractivity contribution in [3.05, 3.63) is 0 Å². The second-order valence-electron chi connectivity index (χ2n) is 8.86. The first-order valence-corrected chi connectivity index (χ1v) is 12.5. The molecule has 4 nitrogen and oxygen atoms in total. The normalized spacial score (nSPS) is 11.4. The van der Waals surface area contributed by atoms with Crippen LogP contribution in [0.25, 0.3) is 0 Å². The molecule has 0 rings (SSSR count). The molecule has 0 aromatic carbocycles. The van der Waals surface area contributed by atoms with Crippen LogP contribution in [-0.2, 0) is 9.59 Å². The van der Waals surface area contributed by atoms with E-state index in [0.29, 0.717) is 0 Å². The zero-order valence-electron chi connectivity index (χ0n) is 19.3. The quantitative estimate of drug-likeness (QED) is 0.140. The molecule has 0 heterocycles. The van der Waals surface area contributed by atoms with E-state index in [4.69, 9.17) is 0 Å². The molecule has 0 saturated carbocycles. The van der Waals surface area contributed by atoms with Gasteiger partial charge in [-0.1, -0.05) is 129 Å². The van der Waals surface area contributed by atoms with Gasteiger partial charge in [0, 0.05) is 0 Å². The molecule has 0 unspecified atom stereocenters. The van der Waals surface area contributed by atoms with Crippen LogP contribution < -0.4 is 0 Å². The zero-order chi connectivity index (χ0) is 21.7. The van der Waals surface area contributed by atoms with Crippen LogP contribution >= 0.6 is 0 Å². The standard InChI is InChI=1S/C25H48O4/c1-3-5-7-9-11-13-15-17-19-22(21-23(24(26)27)25(28)29)20-18-16-14-12-10-8-6-4-2/h22-23H,3-21H2,1-2H3,(H,26,27)(H,28,29). The van der Waals surface area contributed by atoms with E-state index in [-0.39, 0.29) is 12.3 Å². The van der Waals surface area contributed by atoms with E-state index in [0.717, 1.165) is 25.7 Å². The predicted molar refractivity (Wildman–Crippen MR) is 121 cm³/mol. The molecule has 0 amide bonds. The van der Waals surface area contributed by atoms with Gasteiger partial charge in [-0.3, -0.25) is 9.59 Å². The lowest BCUT2D eigenvalue weighted by Gasteiger charge is -2.19. The van der Waals surface area contributed by atoms with Gasteiger partial charge in [-0.25, -0.2) is 0 Å². The van der Waals surface area contributed by atoms with Crippen molar-refractivity contribution in [1.29, 1.82) is 0 Å². The van der Waals surface area contributed by atoms with Gasteiger partial charge in [0.15, 0.2) is 5.92 Å². The van der Waals surface area contributed by atoms with Crippen molar-refractivity contribution in [3.8, 4) is 0 Å². The van der Waals surface area contributed by atoms with Gasteiger partial charge in [-0.15, -0.1) is 0 Å². The number of hydrogen-bond donors (Lipinski definition) is 2. The Morgan fingerprint density at radius 3 is 1.17 bits per heavy atom. The minimum Gasteiger partial charge on any atom is -0.481 e. The fourth-order valence-corrected chi connectivity index (χ4v) is 4.15. The highest BCUT2D eigenvalue weighted by Gasteiger charge is 2.28. The minimum atomic E-state index is -1.25. The van der Waals surface area contributed by atoms with Gasteiger partial charge in [0.2, 0.25) is 0 Å². The Bertz CT molecular complexity index is 360. The summed E-state index contributed by atoms with van der Waals surface area (Å²) in [6, 6.07) is 0. The first-order valence-electron chi connectivity index (χ1n) is 12.5. The lowest BCUT2D eigenvalue weighted by Crippen LogP contribution is -2.26. The van der Waals surface area contributed by atoms with E-state index < -0.39 is 17.9 Å². The number of carboxylic acid groups (broad SMARTS) is 2. The third kappa shape index (κ3) is 17.5. The predicted octanol–water partition coefficient (Wildman–Crippen LogP) is 7.84. The summed E-state index contributed by atoms with van der Waals surface area (Å²) >= 11 is 0. The molecule has 4 heteroatoms. The fraction of sp³-hybridized carbons (Fsp3) is 0.920. The molecule has 0 aliphatic carbocycles. The number of carbonyl (C=O) groups is 2. The molecule has 0 aliphatic heterocycles. The Morgan fingerprint density at radius 2 is 0.862 bits per heavy atom. The molecular formula is C25H48O4. The molecule has 0 radical (unpaired) electrons. The summed E-state index contributed by atoms with van der Waals surface area (Å²) < 4.78 is 0. The SMILES string of the molecule is CCCCCCCCCCC(CCCCCCCCCC)CC(C(=O)O)C(=O)O. The molecular weight excluding hydrogens is 364 g/mol. The summed E-state index contributed by atoms with van der Waals surface area (Å²) in [5.74, 6) is -3.39. The van der Waals surface area contributed by atoms with Crippen molar-refractivity contribution in [2.24, 2.45) is 11.8 Å². The van der Waals surface area contributed by atoms with Crippen LogP contribution in [0.2, 0.25) is 0 Å². The monoisotopic (exact) mass is 412 g/mol. The topological polar surface area (TPSA) is 74.6 Å². The Balaban J connectivity index is 4.15. The van der Waals surface area contributed by atoms with E-state index in [9.17, 15) is 19.8 Å². The largest absolute Gasteiger partial charge is 0.481 e. The van der Waals surface area contributed by atoms with Gasteiger partial charge < -0.3 is 10.2 Å². The first kappa shape index (κ1) is 27.9. The summed E-state index contributed by atoms with van der Waals surface area (Å²) in [4.78, 5) is 22.6. The summed E-state index contributed by atoms with van der Waals surface area (Å²) in [5.41, 5.74) is 0. The van der Waals surface area contributed by atoms with E-state index in [1.807, 2.05) is 0 Å². The molecule has 0 spiro atoms. The number of aliphatic carboxylic acids is 2. The third-order valence-corrected chi connectivity index (χ3v) is 6.10. The van der Waals surface area contributed by atoms with Crippen molar-refractivity contribution in [1.82, 2.24) is 0 Å². The van der Waals surface area contributed by atoms with Gasteiger partial charge >= 0.3 is 11.9 Å². The summed E-state index contributed by atoms with van der Waals surface area (Å²) in [7, 11) is 0. The Kier molecular flexibility index (Phi) is 19.5. The highest BCUT2D eigenvalue weighted by molar-refractivity contribution is 5.92. The first-order chi connectivity index (χ1) is 14.0. The molecule has 2 N–H and O–H groups in total. The maximum absolute atomic E-state index is 11.3. The molecule has 29 heavy (non-hydrogen) atoms. The minimum absolute atomic E-state index is 0.229. The molecule has 0 atom stereocenters. The lowest BCUT2D eigenvalue weighted by atomic mass is 9.86. The lowest BCUT2D eigenvalue weighted by molar-refractivity contribution is -0.155. The number of unbranched alkanes of at least 4 members (excludes halogenated alkanes) is 14. The van der Waals surface area contributed by atoms with Crippen molar-refractivity contribution < 1.29 is 19.8 Å². The van der Waals surface area contributed by atoms with Crippen molar-refractivity contribution >= 4 is 11.9 Å². The number of hydrogen-bond acceptors (Lipinski definition) is 2. The van der Waals surface area contributed by atoms with Gasteiger partial charge in [0.25, 0.3) is 0 Å².